The van der Waals surface area contributed by atoms with Gasteiger partial charge in [0.25, 0.3) is 0 Å². The minimum Gasteiger partial charge on any atom is -0.487 e. The van der Waals surface area contributed by atoms with Crippen molar-refractivity contribution in [2.45, 2.75) is 173 Å². The van der Waals surface area contributed by atoms with Crippen LogP contribution >= 0.6 is 0 Å². The molecule has 30 nitrogen and oxygen atoms in total. The highest BCUT2D eigenvalue weighted by Crippen LogP contribution is 2.33. The summed E-state index contributed by atoms with van der Waals surface area (Å²) in [5.41, 5.74) is 9.16. The van der Waals surface area contributed by atoms with Crippen molar-refractivity contribution in [1.82, 2.24) is 72.6 Å². The molecule has 1 aromatic heterocycles. The van der Waals surface area contributed by atoms with Crippen LogP contribution in [0.2, 0.25) is 0 Å². The van der Waals surface area contributed by atoms with Crippen LogP contribution in [0, 0.1) is 16.4 Å². The molecule has 2 fully saturated rings. The fraction of sp³-hybridized carbons (Fsp3) is 0.432. The minimum absolute atomic E-state index is 0.0355. The zero-order chi connectivity index (χ0) is 80.0. The Morgan fingerprint density at radius 2 is 1.06 bits per heavy atom. The molecule has 6 aromatic carbocycles. The second-order valence-electron chi connectivity index (χ2n) is 30.7. The molecule has 7 aromatic rings. The van der Waals surface area contributed by atoms with E-state index in [1.807, 2.05) is 84.9 Å². The topological polar surface area (TPSA) is 400 Å². The van der Waals surface area contributed by atoms with Crippen LogP contribution in [-0.2, 0) is 85.0 Å². The van der Waals surface area contributed by atoms with Crippen molar-refractivity contribution in [3.05, 3.63) is 180 Å². The summed E-state index contributed by atoms with van der Waals surface area (Å²) in [4.78, 5) is 148. The SMILES string of the molecule is CN[C@@H](C)C(=O)N[C@H](C(=O)N1C[C@@H]2C[C@H]1C(=O)N[C@@H](Cc1ccc3ccccc3c1)C(=O)N[C@H](C(=O)O)Cc1ccc(cc1)OC/C(N=N)=C/N[C@H]1C[C@@H](C(=O)N[C@@H](Cc3ccc4ccccc4c3)C(=O)N[C@H](C(=O)OC)Cc3ccc(cc3)OCc3cn2nn3)N(C(=O)[C@@H](NC(=O)[C@H](C)NC)C(C)(C)C)C1)C(C)(C)C. The van der Waals surface area contributed by atoms with E-state index in [0.717, 1.165) is 21.5 Å². The number of carboxylic acid groups (broad SMARTS) is 1. The summed E-state index contributed by atoms with van der Waals surface area (Å²) in [5.74, 6) is -6.61. The predicted molar refractivity (Wildman–Crippen MR) is 412 cm³/mol. The van der Waals surface area contributed by atoms with Crippen molar-refractivity contribution in [3.8, 4) is 11.5 Å². The maximum absolute atomic E-state index is 15.3. The first kappa shape index (κ1) is 81.8. The van der Waals surface area contributed by atoms with Crippen LogP contribution in [0.5, 0.6) is 11.5 Å². The van der Waals surface area contributed by atoms with Gasteiger partial charge in [0.05, 0.1) is 31.4 Å². The number of carbonyl (C=O) groups is 10. The van der Waals surface area contributed by atoms with Crippen LogP contribution in [-0.4, -0.2) is 196 Å². The molecule has 10 bridgehead atoms. The Morgan fingerprint density at radius 3 is 1.53 bits per heavy atom. The van der Waals surface area contributed by atoms with Gasteiger partial charge in [0.2, 0.25) is 47.3 Å². The summed E-state index contributed by atoms with van der Waals surface area (Å²) >= 11 is 0. The van der Waals surface area contributed by atoms with E-state index in [1.54, 1.807) is 124 Å². The average molecular weight is 1520 g/mol. The van der Waals surface area contributed by atoms with Gasteiger partial charge >= 0.3 is 11.9 Å². The quantitative estimate of drug-likeness (QED) is 0.0481. The van der Waals surface area contributed by atoms with Crippen molar-refractivity contribution in [2.75, 3.05) is 40.9 Å². The zero-order valence-electron chi connectivity index (χ0n) is 64.3. The van der Waals surface area contributed by atoms with Crippen molar-refractivity contribution in [3.63, 3.8) is 0 Å². The van der Waals surface area contributed by atoms with E-state index in [2.05, 4.69) is 63.3 Å². The third-order valence-electron chi connectivity index (χ3n) is 20.5. The van der Waals surface area contributed by atoms with Gasteiger partial charge in [0.15, 0.2) is 0 Å². The number of hydrogen-bond donors (Lipinski definition) is 11. The summed E-state index contributed by atoms with van der Waals surface area (Å²) in [6.07, 6.45) is 2.49. The van der Waals surface area contributed by atoms with Gasteiger partial charge in [0, 0.05) is 57.4 Å². The first-order valence-corrected chi connectivity index (χ1v) is 37.1. The van der Waals surface area contributed by atoms with E-state index in [4.69, 9.17) is 19.7 Å². The van der Waals surface area contributed by atoms with E-state index in [-0.39, 0.29) is 76.3 Å². The molecule has 30 heteroatoms. The van der Waals surface area contributed by atoms with Gasteiger partial charge in [-0.05, 0) is 113 Å². The van der Waals surface area contributed by atoms with Crippen LogP contribution < -0.4 is 57.3 Å². The minimum atomic E-state index is -1.53. The monoisotopic (exact) mass is 1520 g/mol. The number of hydrogen-bond acceptors (Lipinski definition) is 20. The van der Waals surface area contributed by atoms with Crippen molar-refractivity contribution < 1.29 is 67.3 Å². The molecular formula is C81H100N16O14. The van der Waals surface area contributed by atoms with E-state index in [1.165, 1.54) is 27.8 Å². The van der Waals surface area contributed by atoms with Gasteiger partial charge in [0.1, 0.15) is 84.4 Å². The average Bonchev–Trinajstić information content (AvgIpc) is 1.72. The van der Waals surface area contributed by atoms with Crippen LogP contribution in [0.1, 0.15) is 102 Å². The van der Waals surface area contributed by atoms with E-state index in [9.17, 15) is 29.1 Å². The predicted octanol–water partition coefficient (Wildman–Crippen LogP) is 4.87. The normalized spacial score (nSPS) is 22.2. The number of aliphatic carboxylic acids is 1. The van der Waals surface area contributed by atoms with Crippen molar-refractivity contribution in [2.24, 2.45) is 15.9 Å². The molecule has 7 heterocycles. The molecule has 13 rings (SSSR count). The van der Waals surface area contributed by atoms with Crippen LogP contribution in [0.4, 0.5) is 0 Å². The molecule has 588 valence electrons. The number of aromatic nitrogens is 3. The van der Waals surface area contributed by atoms with Gasteiger partial charge in [-0.3, -0.25) is 38.4 Å². The molecule has 0 spiro atoms. The lowest BCUT2D eigenvalue weighted by Crippen LogP contribution is -2.61. The Morgan fingerprint density at radius 1 is 0.604 bits per heavy atom. The van der Waals surface area contributed by atoms with Gasteiger partial charge in [-0.15, -0.1) is 5.10 Å². The summed E-state index contributed by atoms with van der Waals surface area (Å²) in [6.45, 7) is 13.4. The van der Waals surface area contributed by atoms with E-state index < -0.39 is 143 Å². The molecule has 6 aliphatic rings. The molecule has 11 N–H and O–H groups in total. The smallest absolute Gasteiger partial charge is 0.328 e. The highest BCUT2D eigenvalue weighted by molar-refractivity contribution is 5.98. The molecule has 0 saturated carbocycles. The maximum Gasteiger partial charge on any atom is 0.328 e. The van der Waals surface area contributed by atoms with Crippen LogP contribution in [0.3, 0.4) is 0 Å². The third-order valence-corrected chi connectivity index (χ3v) is 20.5. The zero-order valence-corrected chi connectivity index (χ0v) is 64.3. The number of methoxy groups -OCH3 is 1. The number of carboxylic acids is 1. The standard InChI is InChI=1S/C81H100N16O14/c1-46(83-9)70(98)90-68(80(3,4)5)76(104)95-41-56-38-66(95)74(102)86-63(37-51-21-27-53-17-13-15-19-55(53)33-51)73(101)89-65(79(108)109-11)35-49-24-30-61(31-25-49)111-45-58-42-97(94-93-58)59-39-67(96(43-59)77(105)69(81(6,7)8)91-71(99)47(2)84-10)75(103)87-62(36-50-20-26-52-16-12-14-18-54(52)32-50)72(100)88-64(78(106)107)34-48-22-28-60(29-23-48)110-44-57(92-82)40-85-56/h12-33,40,42,46-47,56,59,62-69,82-85H,34-39,41,43-45H2,1-11H3,(H,86,102)(H,87,103)(H,88,100)(H,89,101)(H,90,98)(H,91,99)(H,106,107)/b57-40-,92-82?/t46-,47-,56-,59-,62-,63-,64-,65-,66-,67-,68+,69+/m0/s1. The fourth-order valence-electron chi connectivity index (χ4n) is 13.7. The van der Waals surface area contributed by atoms with Gasteiger partial charge in [-0.2, -0.15) is 5.11 Å². The third kappa shape index (κ3) is 21.0. The number of esters is 1. The van der Waals surface area contributed by atoms with Gasteiger partial charge in [-0.1, -0.05) is 156 Å². The van der Waals surface area contributed by atoms with E-state index >= 15 is 24.0 Å². The second-order valence-corrected chi connectivity index (χ2v) is 30.7. The number of fused-ring (bicyclic) bond motifs is 2. The van der Waals surface area contributed by atoms with Crippen molar-refractivity contribution in [1.29, 1.82) is 5.53 Å². The number of benzene rings is 6. The number of rotatable bonds is 15. The number of likely N-dealkylation sites (N-methyl/N-ethyl adjacent to an activating group) is 2. The number of nitrogens with zero attached hydrogens (tertiary/aromatic N) is 6. The lowest BCUT2D eigenvalue weighted by atomic mass is 9.85. The van der Waals surface area contributed by atoms with E-state index in [0.29, 0.717) is 33.7 Å². The number of amides is 8. The van der Waals surface area contributed by atoms with Gasteiger partial charge < -0.3 is 77.0 Å². The summed E-state index contributed by atoms with van der Waals surface area (Å²) < 4.78 is 19.1. The molecule has 2 saturated heterocycles. The lowest BCUT2D eigenvalue weighted by Gasteiger charge is -2.36. The Bertz CT molecular complexity index is 4590. The van der Waals surface area contributed by atoms with Crippen molar-refractivity contribution >= 4 is 80.7 Å². The Labute approximate surface area is 644 Å². The number of ether oxygens (including phenoxy) is 3. The highest BCUT2D eigenvalue weighted by atomic mass is 16.5. The largest absolute Gasteiger partial charge is 0.487 e. The Balaban J connectivity index is 0.989. The summed E-state index contributed by atoms with van der Waals surface area (Å²) in [6, 6.07) is 26.3. The molecular weight excluding hydrogens is 1420 g/mol. The first-order valence-electron chi connectivity index (χ1n) is 37.1. The summed E-state index contributed by atoms with van der Waals surface area (Å²) in [5, 5.41) is 53.1. The molecule has 0 unspecified atom stereocenters. The molecule has 0 radical (unpaired) electrons. The molecule has 12 atom stereocenters. The second kappa shape index (κ2) is 36.2. The molecule has 6 aliphatic heterocycles. The fourth-order valence-corrected chi connectivity index (χ4v) is 13.7. The number of nitrogens with one attached hydrogen (secondary N) is 10. The number of carbonyl (C=O) groups excluding carboxylic acids is 9. The molecule has 111 heavy (non-hydrogen) atoms. The summed E-state index contributed by atoms with van der Waals surface area (Å²) in [7, 11) is 4.41. The lowest BCUT2D eigenvalue weighted by molar-refractivity contribution is -0.146. The highest BCUT2D eigenvalue weighted by Gasteiger charge is 2.49. The number of likely N-dealkylation sites (tertiary alicyclic amines) is 2. The first-order chi connectivity index (χ1) is 52.9. The molecule has 0 aliphatic carbocycles. The maximum atomic E-state index is 15.3. The molecule has 8 amide bonds. The van der Waals surface area contributed by atoms with Gasteiger partial charge in [-0.25, -0.2) is 19.8 Å². The van der Waals surface area contributed by atoms with Crippen LogP contribution in [0.25, 0.3) is 21.5 Å². The Kier molecular flexibility index (Phi) is 26.7. The Hall–Kier alpha value is -11.7. The van der Waals surface area contributed by atoms with Crippen LogP contribution in [0.15, 0.2) is 157 Å².